The Labute approximate surface area is 198 Å². The summed E-state index contributed by atoms with van der Waals surface area (Å²) >= 11 is 0. The van der Waals surface area contributed by atoms with Crippen LogP contribution < -0.4 is 9.62 Å². The molecule has 1 saturated carbocycles. The number of carbonyl (C=O) groups is 2. The second-order valence-corrected chi connectivity index (χ2v) is 10.5. The van der Waals surface area contributed by atoms with Gasteiger partial charge < -0.3 is 10.2 Å². The third-order valence-corrected chi connectivity index (χ3v) is 7.07. The van der Waals surface area contributed by atoms with Crippen molar-refractivity contribution in [3.63, 3.8) is 0 Å². The van der Waals surface area contributed by atoms with Gasteiger partial charge in [0, 0.05) is 12.6 Å². The van der Waals surface area contributed by atoms with Gasteiger partial charge in [-0.3, -0.25) is 13.9 Å². The SMILES string of the molecule is C[C@H](C(=O)NC1CCCC1)N(Cc1ccc(F)cc1)C(=O)CN(c1ccc(F)cc1)S(C)(=O)=O. The first-order valence-corrected chi connectivity index (χ1v) is 13.0. The molecule has 2 amide bonds. The Morgan fingerprint density at radius 3 is 2.06 bits per heavy atom. The predicted molar refractivity (Wildman–Crippen MR) is 125 cm³/mol. The third-order valence-electron chi connectivity index (χ3n) is 5.93. The smallest absolute Gasteiger partial charge is 0.244 e. The molecule has 0 heterocycles. The van der Waals surface area contributed by atoms with Crippen molar-refractivity contribution in [3.05, 3.63) is 65.7 Å². The lowest BCUT2D eigenvalue weighted by molar-refractivity contribution is -0.139. The average molecular weight is 494 g/mol. The number of amides is 2. The van der Waals surface area contributed by atoms with Gasteiger partial charge >= 0.3 is 0 Å². The van der Waals surface area contributed by atoms with Crippen molar-refractivity contribution in [1.82, 2.24) is 10.2 Å². The largest absolute Gasteiger partial charge is 0.352 e. The summed E-state index contributed by atoms with van der Waals surface area (Å²) in [6.45, 7) is 0.987. The lowest BCUT2D eigenvalue weighted by atomic mass is 10.1. The second kappa shape index (κ2) is 10.9. The van der Waals surface area contributed by atoms with Crippen LogP contribution in [0.5, 0.6) is 0 Å². The number of sulfonamides is 1. The number of anilines is 1. The number of hydrogen-bond donors (Lipinski definition) is 1. The van der Waals surface area contributed by atoms with Gasteiger partial charge in [0.25, 0.3) is 0 Å². The Hall–Kier alpha value is -3.01. The molecule has 0 radical (unpaired) electrons. The molecule has 1 aliphatic rings. The molecule has 184 valence electrons. The standard InChI is InChI=1S/C24H29F2N3O4S/c1-17(24(31)27-21-5-3-4-6-21)28(15-18-7-9-19(25)10-8-18)23(30)16-29(34(2,32)33)22-13-11-20(26)12-14-22/h7-14,17,21H,3-6,15-16H2,1-2H3,(H,27,31)/t17-/m1/s1. The molecule has 1 N–H and O–H groups in total. The van der Waals surface area contributed by atoms with Gasteiger partial charge in [-0.1, -0.05) is 25.0 Å². The van der Waals surface area contributed by atoms with Gasteiger partial charge in [-0.2, -0.15) is 0 Å². The molecule has 0 bridgehead atoms. The number of nitrogens with one attached hydrogen (secondary N) is 1. The highest BCUT2D eigenvalue weighted by molar-refractivity contribution is 7.92. The van der Waals surface area contributed by atoms with Crippen molar-refractivity contribution in [3.8, 4) is 0 Å². The topological polar surface area (TPSA) is 86.8 Å². The maximum Gasteiger partial charge on any atom is 0.244 e. The highest BCUT2D eigenvalue weighted by Crippen LogP contribution is 2.21. The van der Waals surface area contributed by atoms with Crippen LogP contribution in [0.2, 0.25) is 0 Å². The first-order chi connectivity index (χ1) is 16.0. The summed E-state index contributed by atoms with van der Waals surface area (Å²) in [6.07, 6.45) is 4.74. The molecule has 3 rings (SSSR count). The molecule has 7 nitrogen and oxygen atoms in total. The minimum absolute atomic E-state index is 0.0145. The molecule has 34 heavy (non-hydrogen) atoms. The molecule has 0 unspecified atom stereocenters. The van der Waals surface area contributed by atoms with E-state index in [1.165, 1.54) is 41.3 Å². The molecule has 0 saturated heterocycles. The van der Waals surface area contributed by atoms with E-state index in [0.717, 1.165) is 48.4 Å². The summed E-state index contributed by atoms with van der Waals surface area (Å²) in [4.78, 5) is 27.6. The molecule has 0 aliphatic heterocycles. The minimum atomic E-state index is -3.89. The van der Waals surface area contributed by atoms with Crippen molar-refractivity contribution in [2.45, 2.75) is 51.2 Å². The first-order valence-electron chi connectivity index (χ1n) is 11.1. The molecular formula is C24H29F2N3O4S. The molecule has 2 aromatic carbocycles. The van der Waals surface area contributed by atoms with Gasteiger partial charge in [0.1, 0.15) is 24.2 Å². The quantitative estimate of drug-likeness (QED) is 0.581. The van der Waals surface area contributed by atoms with E-state index in [2.05, 4.69) is 5.32 Å². The van der Waals surface area contributed by atoms with E-state index in [1.807, 2.05) is 0 Å². The van der Waals surface area contributed by atoms with Crippen LogP contribution in [0.1, 0.15) is 38.2 Å². The number of hydrogen-bond acceptors (Lipinski definition) is 4. The molecule has 1 atom stereocenters. The Kier molecular flexibility index (Phi) is 8.24. The Balaban J connectivity index is 1.86. The third kappa shape index (κ3) is 6.75. The number of halogens is 2. The monoisotopic (exact) mass is 493 g/mol. The minimum Gasteiger partial charge on any atom is -0.352 e. The zero-order valence-electron chi connectivity index (χ0n) is 19.2. The second-order valence-electron chi connectivity index (χ2n) is 8.56. The Bertz CT molecular complexity index is 1100. The van der Waals surface area contributed by atoms with Gasteiger partial charge in [0.15, 0.2) is 0 Å². The van der Waals surface area contributed by atoms with Crippen LogP contribution in [0.4, 0.5) is 14.5 Å². The van der Waals surface area contributed by atoms with Crippen molar-refractivity contribution in [2.24, 2.45) is 0 Å². The summed E-state index contributed by atoms with van der Waals surface area (Å²) in [5.41, 5.74) is 0.713. The zero-order chi connectivity index (χ0) is 24.9. The van der Waals surface area contributed by atoms with Crippen molar-refractivity contribution >= 4 is 27.5 Å². The molecule has 1 fully saturated rings. The molecule has 10 heteroatoms. The number of rotatable bonds is 9. The number of carbonyl (C=O) groups excluding carboxylic acids is 2. The van der Waals surface area contributed by atoms with Crippen LogP contribution >= 0.6 is 0 Å². The normalized spacial score (nSPS) is 15.1. The lowest BCUT2D eigenvalue weighted by Crippen LogP contribution is -2.52. The van der Waals surface area contributed by atoms with Gasteiger partial charge in [0.2, 0.25) is 21.8 Å². The van der Waals surface area contributed by atoms with Crippen LogP contribution in [0.15, 0.2) is 48.5 Å². The number of benzene rings is 2. The Morgan fingerprint density at radius 1 is 1.00 bits per heavy atom. The predicted octanol–water partition coefficient (Wildman–Crippen LogP) is 3.21. The van der Waals surface area contributed by atoms with Crippen molar-refractivity contribution < 1.29 is 26.8 Å². The lowest BCUT2D eigenvalue weighted by Gasteiger charge is -2.32. The van der Waals surface area contributed by atoms with Gasteiger partial charge in [-0.15, -0.1) is 0 Å². The first kappa shape index (κ1) is 25.6. The van der Waals surface area contributed by atoms with Gasteiger partial charge in [0.05, 0.1) is 11.9 Å². The highest BCUT2D eigenvalue weighted by atomic mass is 32.2. The maximum atomic E-state index is 13.4. The van der Waals surface area contributed by atoms with E-state index in [4.69, 9.17) is 0 Å². The summed E-state index contributed by atoms with van der Waals surface area (Å²) in [7, 11) is -3.89. The van der Waals surface area contributed by atoms with Crippen LogP contribution in [-0.4, -0.2) is 50.0 Å². The van der Waals surface area contributed by atoms with Gasteiger partial charge in [-0.25, -0.2) is 17.2 Å². The summed E-state index contributed by atoms with van der Waals surface area (Å²) in [5, 5.41) is 2.96. The van der Waals surface area contributed by atoms with E-state index < -0.39 is 40.2 Å². The van der Waals surface area contributed by atoms with Crippen LogP contribution in [-0.2, 0) is 26.2 Å². The van der Waals surface area contributed by atoms with Crippen LogP contribution in [0.3, 0.4) is 0 Å². The van der Waals surface area contributed by atoms with E-state index in [1.54, 1.807) is 6.92 Å². The highest BCUT2D eigenvalue weighted by Gasteiger charge is 2.31. The molecule has 2 aromatic rings. The van der Waals surface area contributed by atoms with Crippen molar-refractivity contribution in [2.75, 3.05) is 17.1 Å². The summed E-state index contributed by atoms with van der Waals surface area (Å²) < 4.78 is 52.5. The maximum absolute atomic E-state index is 13.4. The van der Waals surface area contributed by atoms with E-state index in [9.17, 15) is 26.8 Å². The zero-order valence-corrected chi connectivity index (χ0v) is 20.0. The summed E-state index contributed by atoms with van der Waals surface area (Å²) in [5.74, 6) is -1.94. The van der Waals surface area contributed by atoms with E-state index in [0.29, 0.717) is 5.56 Å². The van der Waals surface area contributed by atoms with E-state index >= 15 is 0 Å². The molecule has 0 spiro atoms. The molecule has 1 aliphatic carbocycles. The van der Waals surface area contributed by atoms with E-state index in [-0.39, 0.29) is 24.2 Å². The van der Waals surface area contributed by atoms with Crippen LogP contribution in [0, 0.1) is 11.6 Å². The summed E-state index contributed by atoms with van der Waals surface area (Å²) in [6, 6.07) is 9.41. The average Bonchev–Trinajstić information content (AvgIpc) is 3.29. The fourth-order valence-corrected chi connectivity index (χ4v) is 4.83. The van der Waals surface area contributed by atoms with Crippen LogP contribution in [0.25, 0.3) is 0 Å². The fraction of sp³-hybridized carbons (Fsp3) is 0.417. The van der Waals surface area contributed by atoms with Crippen molar-refractivity contribution in [1.29, 1.82) is 0 Å². The molecule has 0 aromatic heterocycles. The van der Waals surface area contributed by atoms with Gasteiger partial charge in [-0.05, 0) is 61.7 Å². The fourth-order valence-electron chi connectivity index (χ4n) is 3.98. The number of nitrogens with zero attached hydrogens (tertiary/aromatic N) is 2. The Morgan fingerprint density at radius 2 is 1.53 bits per heavy atom. The molecular weight excluding hydrogens is 464 g/mol.